The summed E-state index contributed by atoms with van der Waals surface area (Å²) >= 11 is 0. The standard InChI is InChI=1S/C22H22N4O4/c1-13-18-21(30-20(25-18)15-8-6-5-7-9-15)26-22(24-13)23-12-14-10-16(27-2)19(29-4)17(11-14)28-3/h5-11H,12H2,1-4H3,(H,23,24,26). The molecule has 0 aliphatic heterocycles. The Balaban J connectivity index is 1.60. The van der Waals surface area contributed by atoms with E-state index in [2.05, 4.69) is 20.3 Å². The normalized spacial score (nSPS) is 10.8. The van der Waals surface area contributed by atoms with Crippen molar-refractivity contribution in [3.05, 3.63) is 53.7 Å². The average Bonchev–Trinajstić information content (AvgIpc) is 3.22. The summed E-state index contributed by atoms with van der Waals surface area (Å²) < 4.78 is 22.0. The molecular weight excluding hydrogens is 384 g/mol. The molecule has 8 heteroatoms. The number of rotatable bonds is 7. The van der Waals surface area contributed by atoms with E-state index in [1.165, 1.54) is 0 Å². The van der Waals surface area contributed by atoms with Crippen LogP contribution in [0.2, 0.25) is 0 Å². The maximum atomic E-state index is 5.87. The molecule has 0 saturated carbocycles. The molecule has 154 valence electrons. The van der Waals surface area contributed by atoms with Crippen molar-refractivity contribution in [1.82, 2.24) is 15.0 Å². The predicted octanol–water partition coefficient (Wildman–Crippen LogP) is 4.23. The maximum Gasteiger partial charge on any atom is 0.252 e. The third kappa shape index (κ3) is 3.71. The highest BCUT2D eigenvalue weighted by atomic mass is 16.5. The lowest BCUT2D eigenvalue weighted by Gasteiger charge is -2.14. The molecule has 2 aromatic heterocycles. The van der Waals surface area contributed by atoms with Crippen LogP contribution in [-0.4, -0.2) is 36.3 Å². The molecule has 0 aliphatic rings. The first kappa shape index (κ1) is 19.5. The van der Waals surface area contributed by atoms with Gasteiger partial charge in [0.25, 0.3) is 5.71 Å². The molecule has 4 rings (SSSR count). The fourth-order valence-electron chi connectivity index (χ4n) is 3.16. The van der Waals surface area contributed by atoms with Crippen molar-refractivity contribution < 1.29 is 18.6 Å². The number of aromatic nitrogens is 3. The van der Waals surface area contributed by atoms with Gasteiger partial charge in [-0.1, -0.05) is 18.2 Å². The van der Waals surface area contributed by atoms with E-state index in [4.69, 9.17) is 18.6 Å². The zero-order chi connectivity index (χ0) is 21.1. The Hall–Kier alpha value is -3.81. The van der Waals surface area contributed by atoms with Crippen molar-refractivity contribution >= 4 is 17.2 Å². The second-order valence-corrected chi connectivity index (χ2v) is 6.56. The first-order chi connectivity index (χ1) is 14.6. The van der Waals surface area contributed by atoms with Gasteiger partial charge < -0.3 is 23.9 Å². The summed E-state index contributed by atoms with van der Waals surface area (Å²) in [4.78, 5) is 13.5. The van der Waals surface area contributed by atoms with Gasteiger partial charge in [0.2, 0.25) is 17.6 Å². The number of nitrogens with one attached hydrogen (secondary N) is 1. The molecule has 4 aromatic rings. The van der Waals surface area contributed by atoms with Crippen molar-refractivity contribution in [1.29, 1.82) is 0 Å². The Morgan fingerprint density at radius 1 is 0.900 bits per heavy atom. The highest BCUT2D eigenvalue weighted by Crippen LogP contribution is 2.38. The van der Waals surface area contributed by atoms with Gasteiger partial charge in [0.15, 0.2) is 17.0 Å². The highest BCUT2D eigenvalue weighted by Gasteiger charge is 2.15. The second-order valence-electron chi connectivity index (χ2n) is 6.56. The largest absolute Gasteiger partial charge is 0.493 e. The van der Waals surface area contributed by atoms with Crippen molar-refractivity contribution in [3.63, 3.8) is 0 Å². The molecule has 0 spiro atoms. The summed E-state index contributed by atoms with van der Waals surface area (Å²) in [5.41, 5.74) is 3.63. The van der Waals surface area contributed by atoms with Crippen LogP contribution >= 0.6 is 0 Å². The van der Waals surface area contributed by atoms with Crippen molar-refractivity contribution in [2.24, 2.45) is 0 Å². The smallest absolute Gasteiger partial charge is 0.252 e. The Kier molecular flexibility index (Phi) is 5.38. The summed E-state index contributed by atoms with van der Waals surface area (Å²) in [6.07, 6.45) is 0. The van der Waals surface area contributed by atoms with Gasteiger partial charge in [-0.05, 0) is 36.8 Å². The predicted molar refractivity (Wildman–Crippen MR) is 113 cm³/mol. The number of nitrogens with zero attached hydrogens (tertiary/aromatic N) is 3. The molecule has 30 heavy (non-hydrogen) atoms. The van der Waals surface area contributed by atoms with Crippen LogP contribution in [-0.2, 0) is 6.54 Å². The lowest BCUT2D eigenvalue weighted by atomic mass is 10.2. The van der Waals surface area contributed by atoms with Crippen LogP contribution in [0.1, 0.15) is 11.3 Å². The Morgan fingerprint density at radius 2 is 1.60 bits per heavy atom. The van der Waals surface area contributed by atoms with Gasteiger partial charge in [-0.3, -0.25) is 0 Å². The Bertz CT molecular complexity index is 1150. The lowest BCUT2D eigenvalue weighted by molar-refractivity contribution is 0.324. The summed E-state index contributed by atoms with van der Waals surface area (Å²) in [6.45, 7) is 2.34. The molecule has 1 N–H and O–H groups in total. The first-order valence-corrected chi connectivity index (χ1v) is 9.36. The summed E-state index contributed by atoms with van der Waals surface area (Å²) in [7, 11) is 4.75. The van der Waals surface area contributed by atoms with Crippen molar-refractivity contribution in [2.45, 2.75) is 13.5 Å². The minimum absolute atomic E-state index is 0.439. The van der Waals surface area contributed by atoms with Gasteiger partial charge in [-0.15, -0.1) is 0 Å². The third-order valence-electron chi connectivity index (χ3n) is 4.63. The van der Waals surface area contributed by atoms with E-state index >= 15 is 0 Å². The number of benzene rings is 2. The highest BCUT2D eigenvalue weighted by molar-refractivity contribution is 5.75. The van der Waals surface area contributed by atoms with Crippen LogP contribution in [0.25, 0.3) is 22.7 Å². The number of anilines is 1. The minimum atomic E-state index is 0.439. The van der Waals surface area contributed by atoms with Gasteiger partial charge >= 0.3 is 0 Å². The quantitative estimate of drug-likeness (QED) is 0.487. The topological polar surface area (TPSA) is 91.5 Å². The minimum Gasteiger partial charge on any atom is -0.493 e. The van der Waals surface area contributed by atoms with E-state index in [1.807, 2.05) is 49.4 Å². The number of aryl methyl sites for hydroxylation is 1. The zero-order valence-corrected chi connectivity index (χ0v) is 17.2. The third-order valence-corrected chi connectivity index (χ3v) is 4.63. The fraction of sp³-hybridized carbons (Fsp3) is 0.227. The van der Waals surface area contributed by atoms with Crippen LogP contribution in [0.5, 0.6) is 17.2 Å². The molecule has 0 amide bonds. The van der Waals surface area contributed by atoms with Crippen LogP contribution in [0, 0.1) is 6.92 Å². The van der Waals surface area contributed by atoms with Crippen LogP contribution in [0.15, 0.2) is 46.9 Å². The van der Waals surface area contributed by atoms with Gasteiger partial charge in [-0.25, -0.2) is 9.97 Å². The molecule has 0 bridgehead atoms. The molecule has 0 atom stereocenters. The second kappa shape index (κ2) is 8.28. The van der Waals surface area contributed by atoms with E-state index in [-0.39, 0.29) is 0 Å². The number of ether oxygens (including phenoxy) is 3. The Labute approximate surface area is 173 Å². The summed E-state index contributed by atoms with van der Waals surface area (Å²) in [6, 6.07) is 13.5. The molecule has 0 radical (unpaired) electrons. The Morgan fingerprint density at radius 3 is 2.23 bits per heavy atom. The SMILES string of the molecule is COc1cc(CNc2nc(C)c3nc(-c4ccccc4)oc3n2)cc(OC)c1OC. The van der Waals surface area contributed by atoms with Gasteiger partial charge in [0.05, 0.1) is 27.0 Å². The monoisotopic (exact) mass is 406 g/mol. The van der Waals surface area contributed by atoms with Crippen LogP contribution in [0.3, 0.4) is 0 Å². The molecule has 8 nitrogen and oxygen atoms in total. The average molecular weight is 406 g/mol. The first-order valence-electron chi connectivity index (χ1n) is 9.36. The van der Waals surface area contributed by atoms with Gasteiger partial charge in [0.1, 0.15) is 0 Å². The maximum absolute atomic E-state index is 5.87. The van der Waals surface area contributed by atoms with Crippen molar-refractivity contribution in [3.8, 4) is 28.7 Å². The van der Waals surface area contributed by atoms with Gasteiger partial charge in [-0.2, -0.15) is 4.98 Å². The van der Waals surface area contributed by atoms with Crippen LogP contribution in [0.4, 0.5) is 5.95 Å². The molecule has 2 heterocycles. The molecule has 0 unspecified atom stereocenters. The number of oxazole rings is 1. The van der Waals surface area contributed by atoms with E-state index in [0.29, 0.717) is 46.9 Å². The summed E-state index contributed by atoms with van der Waals surface area (Å²) in [5, 5.41) is 3.22. The lowest BCUT2D eigenvalue weighted by Crippen LogP contribution is -2.06. The van der Waals surface area contributed by atoms with E-state index in [1.54, 1.807) is 21.3 Å². The number of hydrogen-bond donors (Lipinski definition) is 1. The number of methoxy groups -OCH3 is 3. The van der Waals surface area contributed by atoms with E-state index in [0.717, 1.165) is 16.8 Å². The van der Waals surface area contributed by atoms with E-state index in [9.17, 15) is 0 Å². The molecular formula is C22H22N4O4. The number of hydrogen-bond acceptors (Lipinski definition) is 8. The molecule has 0 fully saturated rings. The fourth-order valence-corrected chi connectivity index (χ4v) is 3.16. The number of fused-ring (bicyclic) bond motifs is 1. The van der Waals surface area contributed by atoms with E-state index < -0.39 is 0 Å². The van der Waals surface area contributed by atoms with Crippen LogP contribution < -0.4 is 19.5 Å². The molecule has 2 aromatic carbocycles. The summed E-state index contributed by atoms with van der Waals surface area (Å²) in [5.74, 6) is 2.69. The molecule has 0 aliphatic carbocycles. The van der Waals surface area contributed by atoms with Crippen molar-refractivity contribution in [2.75, 3.05) is 26.6 Å². The zero-order valence-electron chi connectivity index (χ0n) is 17.2. The van der Waals surface area contributed by atoms with Gasteiger partial charge in [0, 0.05) is 12.1 Å². The molecule has 0 saturated heterocycles.